The Kier molecular flexibility index (Phi) is 3.22. The summed E-state index contributed by atoms with van der Waals surface area (Å²) in [6.07, 6.45) is 0. The first-order valence-corrected chi connectivity index (χ1v) is 5.77. The largest absolute Gasteiger partial charge is 0.475 e. The highest BCUT2D eigenvalue weighted by Gasteiger charge is 2.21. The Morgan fingerprint density at radius 3 is 2.82 bits per heavy atom. The van der Waals surface area contributed by atoms with Gasteiger partial charge in [0.15, 0.2) is 0 Å². The van der Waals surface area contributed by atoms with Crippen LogP contribution in [0.4, 0.5) is 0 Å². The molecule has 0 spiro atoms. The van der Waals surface area contributed by atoms with Gasteiger partial charge in [-0.05, 0) is 40.5 Å². The maximum absolute atomic E-state index is 11.1. The number of carboxylic acids is 1. The summed E-state index contributed by atoms with van der Waals surface area (Å²) in [5.41, 5.74) is 2.14. The molecular weight excluding hydrogens is 288 g/mol. The molecule has 2 rings (SSSR count). The Hall–Kier alpha value is -1.33. The number of benzene rings is 1. The number of rotatable bonds is 3. The van der Waals surface area contributed by atoms with Crippen LogP contribution in [0, 0.1) is 6.92 Å². The van der Waals surface area contributed by atoms with Crippen LogP contribution < -0.4 is 0 Å². The van der Waals surface area contributed by atoms with Crippen molar-refractivity contribution in [3.8, 4) is 0 Å². The molecule has 90 valence electrons. The third-order valence-electron chi connectivity index (χ3n) is 2.47. The van der Waals surface area contributed by atoms with Gasteiger partial charge in [-0.25, -0.2) is 4.79 Å². The number of carbonyl (C=O) groups is 1. The number of ether oxygens (including phenoxy) is 1. The van der Waals surface area contributed by atoms with E-state index in [0.717, 1.165) is 15.4 Å². The molecule has 0 atom stereocenters. The standard InChI is InChI=1S/C12H11BrO4/c1-6-3-7-8(5-16-2)11(12(14)15)17-10(7)9(13)4-6/h3-4H,5H2,1-2H3,(H,14,15). The molecule has 2 aromatic rings. The van der Waals surface area contributed by atoms with Crippen molar-refractivity contribution in [1.29, 1.82) is 0 Å². The summed E-state index contributed by atoms with van der Waals surface area (Å²) in [4.78, 5) is 11.1. The maximum atomic E-state index is 11.1. The van der Waals surface area contributed by atoms with E-state index in [2.05, 4.69) is 15.9 Å². The third kappa shape index (κ3) is 2.08. The van der Waals surface area contributed by atoms with Crippen LogP contribution in [-0.4, -0.2) is 18.2 Å². The second-order valence-electron chi connectivity index (χ2n) is 3.77. The van der Waals surface area contributed by atoms with Gasteiger partial charge in [-0.3, -0.25) is 0 Å². The van der Waals surface area contributed by atoms with Gasteiger partial charge < -0.3 is 14.3 Å². The molecule has 0 aliphatic rings. The van der Waals surface area contributed by atoms with E-state index in [0.29, 0.717) is 11.1 Å². The lowest BCUT2D eigenvalue weighted by atomic mass is 10.1. The number of halogens is 1. The molecule has 0 saturated heterocycles. The minimum absolute atomic E-state index is 0.0619. The summed E-state index contributed by atoms with van der Waals surface area (Å²) in [6, 6.07) is 3.78. The lowest BCUT2D eigenvalue weighted by molar-refractivity contribution is 0.0658. The van der Waals surface area contributed by atoms with Gasteiger partial charge in [0.25, 0.3) is 0 Å². The number of aryl methyl sites for hydroxylation is 1. The van der Waals surface area contributed by atoms with E-state index < -0.39 is 5.97 Å². The Morgan fingerprint density at radius 1 is 1.53 bits per heavy atom. The number of carboxylic acid groups (broad SMARTS) is 1. The predicted octanol–water partition coefficient (Wildman–Crippen LogP) is 3.35. The summed E-state index contributed by atoms with van der Waals surface area (Å²) in [7, 11) is 1.52. The van der Waals surface area contributed by atoms with Crippen molar-refractivity contribution in [2.75, 3.05) is 7.11 Å². The van der Waals surface area contributed by atoms with Crippen molar-refractivity contribution in [2.24, 2.45) is 0 Å². The minimum Gasteiger partial charge on any atom is -0.475 e. The minimum atomic E-state index is -1.09. The Morgan fingerprint density at radius 2 is 2.24 bits per heavy atom. The van der Waals surface area contributed by atoms with E-state index in [1.54, 1.807) is 0 Å². The number of aromatic carboxylic acids is 1. The van der Waals surface area contributed by atoms with Gasteiger partial charge in [-0.15, -0.1) is 0 Å². The van der Waals surface area contributed by atoms with Crippen molar-refractivity contribution < 1.29 is 19.1 Å². The summed E-state index contributed by atoms with van der Waals surface area (Å²) in [5.74, 6) is -1.15. The van der Waals surface area contributed by atoms with Gasteiger partial charge in [-0.1, -0.05) is 0 Å². The first-order chi connectivity index (χ1) is 8.04. The number of fused-ring (bicyclic) bond motifs is 1. The van der Waals surface area contributed by atoms with Gasteiger partial charge in [0.1, 0.15) is 5.58 Å². The van der Waals surface area contributed by atoms with Crippen molar-refractivity contribution in [2.45, 2.75) is 13.5 Å². The lowest BCUT2D eigenvalue weighted by Gasteiger charge is -1.99. The van der Waals surface area contributed by atoms with Crippen molar-refractivity contribution in [3.63, 3.8) is 0 Å². The SMILES string of the molecule is COCc1c(C(=O)O)oc2c(Br)cc(C)cc12. The molecule has 1 N–H and O–H groups in total. The van der Waals surface area contributed by atoms with Crippen LogP contribution >= 0.6 is 15.9 Å². The summed E-state index contributed by atoms with van der Waals surface area (Å²) in [5, 5.41) is 9.86. The third-order valence-corrected chi connectivity index (χ3v) is 3.06. The van der Waals surface area contributed by atoms with Gasteiger partial charge in [-0.2, -0.15) is 0 Å². The molecule has 0 aliphatic carbocycles. The molecule has 0 saturated carbocycles. The average molecular weight is 299 g/mol. The Labute approximate surface area is 106 Å². The molecule has 0 radical (unpaired) electrons. The van der Waals surface area contributed by atoms with Crippen molar-refractivity contribution in [1.82, 2.24) is 0 Å². The highest BCUT2D eigenvalue weighted by molar-refractivity contribution is 9.10. The molecule has 0 fully saturated rings. The van der Waals surface area contributed by atoms with E-state index in [1.807, 2.05) is 19.1 Å². The Balaban J connectivity index is 2.79. The van der Waals surface area contributed by atoms with E-state index in [4.69, 9.17) is 14.3 Å². The molecule has 1 heterocycles. The van der Waals surface area contributed by atoms with Gasteiger partial charge in [0.2, 0.25) is 5.76 Å². The lowest BCUT2D eigenvalue weighted by Crippen LogP contribution is -1.99. The summed E-state index contributed by atoms with van der Waals surface area (Å²) in [6.45, 7) is 2.15. The number of hydrogen-bond acceptors (Lipinski definition) is 3. The number of hydrogen-bond donors (Lipinski definition) is 1. The van der Waals surface area contributed by atoms with Crippen LogP contribution in [-0.2, 0) is 11.3 Å². The zero-order valence-corrected chi connectivity index (χ0v) is 11.0. The molecule has 0 amide bonds. The van der Waals surface area contributed by atoms with Gasteiger partial charge in [0, 0.05) is 18.1 Å². The normalized spacial score (nSPS) is 11.0. The van der Waals surface area contributed by atoms with E-state index in [-0.39, 0.29) is 12.4 Å². The fraction of sp³-hybridized carbons (Fsp3) is 0.250. The van der Waals surface area contributed by atoms with Crippen LogP contribution in [0.3, 0.4) is 0 Å². The molecule has 5 heteroatoms. The van der Waals surface area contributed by atoms with Crippen LogP contribution in [0.25, 0.3) is 11.0 Å². The van der Waals surface area contributed by atoms with E-state index in [9.17, 15) is 4.79 Å². The zero-order chi connectivity index (χ0) is 12.6. The fourth-order valence-corrected chi connectivity index (χ4v) is 2.46. The van der Waals surface area contributed by atoms with Crippen molar-refractivity contribution in [3.05, 3.63) is 33.5 Å². The zero-order valence-electron chi connectivity index (χ0n) is 9.41. The molecule has 0 aliphatic heterocycles. The molecule has 1 aromatic carbocycles. The fourth-order valence-electron chi connectivity index (χ4n) is 1.80. The average Bonchev–Trinajstić information content (AvgIpc) is 2.58. The molecule has 0 bridgehead atoms. The first-order valence-electron chi connectivity index (χ1n) is 4.98. The molecule has 1 aromatic heterocycles. The summed E-state index contributed by atoms with van der Waals surface area (Å²) < 4.78 is 11.1. The van der Waals surface area contributed by atoms with Gasteiger partial charge in [0.05, 0.1) is 11.1 Å². The quantitative estimate of drug-likeness (QED) is 0.944. The maximum Gasteiger partial charge on any atom is 0.372 e. The van der Waals surface area contributed by atoms with Crippen molar-refractivity contribution >= 4 is 32.9 Å². The second kappa shape index (κ2) is 4.50. The second-order valence-corrected chi connectivity index (χ2v) is 4.63. The van der Waals surface area contributed by atoms with E-state index >= 15 is 0 Å². The van der Waals surface area contributed by atoms with Crippen LogP contribution in [0.5, 0.6) is 0 Å². The molecule has 0 unspecified atom stereocenters. The van der Waals surface area contributed by atoms with E-state index in [1.165, 1.54) is 7.11 Å². The monoisotopic (exact) mass is 298 g/mol. The van der Waals surface area contributed by atoms with Crippen LogP contribution in [0.1, 0.15) is 21.7 Å². The summed E-state index contributed by atoms with van der Waals surface area (Å²) >= 11 is 3.37. The topological polar surface area (TPSA) is 59.7 Å². The number of methoxy groups -OCH3 is 1. The number of furan rings is 1. The highest BCUT2D eigenvalue weighted by Crippen LogP contribution is 2.33. The molecular formula is C12H11BrO4. The smallest absolute Gasteiger partial charge is 0.372 e. The van der Waals surface area contributed by atoms with Crippen LogP contribution in [0.2, 0.25) is 0 Å². The van der Waals surface area contributed by atoms with Gasteiger partial charge >= 0.3 is 5.97 Å². The Bertz CT molecular complexity index is 586. The first kappa shape index (κ1) is 12.1. The predicted molar refractivity (Wildman–Crippen MR) is 66.3 cm³/mol. The molecule has 17 heavy (non-hydrogen) atoms. The molecule has 4 nitrogen and oxygen atoms in total. The highest BCUT2D eigenvalue weighted by atomic mass is 79.9. The van der Waals surface area contributed by atoms with Crippen LogP contribution in [0.15, 0.2) is 21.0 Å².